The molecule has 2 aromatic rings. The van der Waals surface area contributed by atoms with Gasteiger partial charge in [-0.2, -0.15) is 0 Å². The van der Waals surface area contributed by atoms with E-state index in [4.69, 9.17) is 9.84 Å². The van der Waals surface area contributed by atoms with E-state index in [1.54, 1.807) is 39.1 Å². The number of hydrogen-bond acceptors (Lipinski definition) is 4. The number of rotatable bonds is 2. The third kappa shape index (κ3) is 3.05. The van der Waals surface area contributed by atoms with Crippen LogP contribution in [0.15, 0.2) is 24.7 Å². The molecule has 0 aromatic carbocycles. The summed E-state index contributed by atoms with van der Waals surface area (Å²) in [4.78, 5) is 26.3. The molecule has 7 heteroatoms. The van der Waals surface area contributed by atoms with E-state index in [0.717, 1.165) is 0 Å². The van der Waals surface area contributed by atoms with Crippen molar-refractivity contribution in [1.29, 1.82) is 0 Å². The molecule has 7 nitrogen and oxygen atoms in total. The second-order valence-corrected chi connectivity index (χ2v) is 5.24. The van der Waals surface area contributed by atoms with Gasteiger partial charge in [-0.1, -0.05) is 0 Å². The molecule has 106 valence electrons. The molecule has 0 spiro atoms. The Balaban J connectivity index is 2.21. The number of carbonyl (C=O) groups excluding carboxylic acids is 1. The molecule has 2 heterocycles. The van der Waals surface area contributed by atoms with Crippen molar-refractivity contribution in [2.45, 2.75) is 26.4 Å². The van der Waals surface area contributed by atoms with Crippen molar-refractivity contribution in [2.24, 2.45) is 0 Å². The number of anilines is 1. The van der Waals surface area contributed by atoms with Crippen molar-refractivity contribution in [3.05, 3.63) is 30.4 Å². The minimum absolute atomic E-state index is 0.0335. The van der Waals surface area contributed by atoms with Gasteiger partial charge in [0.1, 0.15) is 11.9 Å². The third-order valence-corrected chi connectivity index (χ3v) is 2.38. The van der Waals surface area contributed by atoms with Crippen LogP contribution in [0.25, 0.3) is 5.52 Å². The zero-order chi connectivity index (χ0) is 14.9. The lowest BCUT2D eigenvalue weighted by molar-refractivity contribution is 0.0633. The number of pyridine rings is 1. The van der Waals surface area contributed by atoms with Gasteiger partial charge in [0, 0.05) is 6.20 Å². The fourth-order valence-electron chi connectivity index (χ4n) is 1.66. The second kappa shape index (κ2) is 4.84. The number of nitrogens with one attached hydrogen (secondary N) is 1. The quantitative estimate of drug-likeness (QED) is 0.879. The van der Waals surface area contributed by atoms with E-state index in [9.17, 15) is 9.59 Å². The van der Waals surface area contributed by atoms with E-state index in [1.165, 1.54) is 10.7 Å². The molecular formula is C13H15N3O4. The number of aromatic carboxylic acids is 1. The molecule has 0 fully saturated rings. The number of nitrogens with zero attached hydrogens (tertiary/aromatic N) is 2. The summed E-state index contributed by atoms with van der Waals surface area (Å²) in [6, 6.07) is 3.16. The topological polar surface area (TPSA) is 92.9 Å². The summed E-state index contributed by atoms with van der Waals surface area (Å²) in [6.07, 6.45) is 2.37. The lowest BCUT2D eigenvalue weighted by Crippen LogP contribution is -2.27. The molecule has 0 saturated heterocycles. The van der Waals surface area contributed by atoms with Crippen molar-refractivity contribution >= 4 is 23.3 Å². The Morgan fingerprint density at radius 3 is 2.65 bits per heavy atom. The lowest BCUT2D eigenvalue weighted by Gasteiger charge is -2.19. The Labute approximate surface area is 115 Å². The number of ether oxygens (including phenoxy) is 1. The highest BCUT2D eigenvalue weighted by molar-refractivity contribution is 5.94. The van der Waals surface area contributed by atoms with Crippen molar-refractivity contribution in [3.63, 3.8) is 0 Å². The Morgan fingerprint density at radius 2 is 2.05 bits per heavy atom. The largest absolute Gasteiger partial charge is 0.476 e. The summed E-state index contributed by atoms with van der Waals surface area (Å²) in [5.74, 6) is -1.10. The van der Waals surface area contributed by atoms with Crippen LogP contribution in [-0.4, -0.2) is 32.2 Å². The number of aromatic nitrogens is 2. The molecule has 0 bridgehead atoms. The van der Waals surface area contributed by atoms with Gasteiger partial charge >= 0.3 is 12.1 Å². The first-order valence-corrected chi connectivity index (χ1v) is 5.96. The van der Waals surface area contributed by atoms with Gasteiger partial charge in [0.25, 0.3) is 0 Å². The number of fused-ring (bicyclic) bond motifs is 1. The monoisotopic (exact) mass is 277 g/mol. The van der Waals surface area contributed by atoms with Crippen molar-refractivity contribution in [1.82, 2.24) is 9.38 Å². The fourth-order valence-corrected chi connectivity index (χ4v) is 1.66. The Kier molecular flexibility index (Phi) is 3.35. The van der Waals surface area contributed by atoms with Gasteiger partial charge in [0.2, 0.25) is 0 Å². The normalized spacial score (nSPS) is 11.3. The Hall–Kier alpha value is -2.57. The Bertz CT molecular complexity index is 670. The van der Waals surface area contributed by atoms with Crippen LogP contribution in [0.1, 0.15) is 31.3 Å². The number of amides is 1. The van der Waals surface area contributed by atoms with Gasteiger partial charge in [0.15, 0.2) is 5.69 Å². The fraction of sp³-hybridized carbons (Fsp3) is 0.308. The maximum Gasteiger partial charge on any atom is 0.412 e. The van der Waals surface area contributed by atoms with Gasteiger partial charge in [-0.25, -0.2) is 14.6 Å². The van der Waals surface area contributed by atoms with Crippen molar-refractivity contribution in [3.8, 4) is 0 Å². The second-order valence-electron chi connectivity index (χ2n) is 5.24. The molecular weight excluding hydrogens is 262 g/mol. The molecule has 2 rings (SSSR count). The molecule has 0 atom stereocenters. The van der Waals surface area contributed by atoms with E-state index in [-0.39, 0.29) is 5.69 Å². The summed E-state index contributed by atoms with van der Waals surface area (Å²) in [5, 5.41) is 11.5. The molecule has 2 aromatic heterocycles. The number of imidazole rings is 1. The summed E-state index contributed by atoms with van der Waals surface area (Å²) < 4.78 is 6.65. The highest BCUT2D eigenvalue weighted by Gasteiger charge is 2.17. The smallest absolute Gasteiger partial charge is 0.412 e. The van der Waals surface area contributed by atoms with Crippen LogP contribution >= 0.6 is 0 Å². The van der Waals surface area contributed by atoms with E-state index >= 15 is 0 Å². The summed E-state index contributed by atoms with van der Waals surface area (Å²) in [6.45, 7) is 5.31. The molecule has 0 aliphatic carbocycles. The van der Waals surface area contributed by atoms with Crippen LogP contribution in [0.3, 0.4) is 0 Å². The molecule has 0 unspecified atom stereocenters. The zero-order valence-electron chi connectivity index (χ0n) is 11.4. The minimum atomic E-state index is -1.10. The predicted molar refractivity (Wildman–Crippen MR) is 72.0 cm³/mol. The van der Waals surface area contributed by atoms with Crippen LogP contribution in [0.5, 0.6) is 0 Å². The van der Waals surface area contributed by atoms with Gasteiger partial charge < -0.3 is 14.2 Å². The lowest BCUT2D eigenvalue weighted by atomic mass is 10.2. The average molecular weight is 277 g/mol. The average Bonchev–Trinajstić information content (AvgIpc) is 2.68. The first kappa shape index (κ1) is 13.9. The molecule has 0 saturated carbocycles. The zero-order valence-corrected chi connectivity index (χ0v) is 11.4. The molecule has 1 amide bonds. The Morgan fingerprint density at radius 1 is 1.35 bits per heavy atom. The number of carboxylic acids is 1. The van der Waals surface area contributed by atoms with Gasteiger partial charge in [-0.3, -0.25) is 5.32 Å². The molecule has 0 aliphatic rings. The standard InChI is InChI=1S/C13H15N3O4/c1-13(2,3)20-12(19)15-8-4-5-9-10(11(17)18)14-7-16(9)6-8/h4-7H,1-3H3,(H,15,19)(H,17,18). The van der Waals surface area contributed by atoms with Crippen LogP contribution in [0, 0.1) is 0 Å². The van der Waals surface area contributed by atoms with Gasteiger partial charge in [-0.15, -0.1) is 0 Å². The van der Waals surface area contributed by atoms with E-state index in [2.05, 4.69) is 10.3 Å². The van der Waals surface area contributed by atoms with Crippen LogP contribution < -0.4 is 5.32 Å². The summed E-state index contributed by atoms with van der Waals surface area (Å²) >= 11 is 0. The molecule has 2 N–H and O–H groups in total. The molecule has 20 heavy (non-hydrogen) atoms. The highest BCUT2D eigenvalue weighted by Crippen LogP contribution is 2.16. The SMILES string of the molecule is CC(C)(C)OC(=O)Nc1ccc2c(C(=O)O)ncn2c1. The van der Waals surface area contributed by atoms with Crippen LogP contribution in [0.2, 0.25) is 0 Å². The third-order valence-electron chi connectivity index (χ3n) is 2.38. The van der Waals surface area contributed by atoms with E-state index < -0.39 is 17.7 Å². The highest BCUT2D eigenvalue weighted by atomic mass is 16.6. The van der Waals surface area contributed by atoms with Gasteiger partial charge in [0.05, 0.1) is 11.2 Å². The van der Waals surface area contributed by atoms with Crippen LogP contribution in [-0.2, 0) is 4.74 Å². The van der Waals surface area contributed by atoms with Gasteiger partial charge in [-0.05, 0) is 32.9 Å². The van der Waals surface area contributed by atoms with E-state index in [1.807, 2.05) is 0 Å². The van der Waals surface area contributed by atoms with Crippen molar-refractivity contribution in [2.75, 3.05) is 5.32 Å². The van der Waals surface area contributed by atoms with E-state index in [0.29, 0.717) is 11.2 Å². The first-order valence-electron chi connectivity index (χ1n) is 5.96. The minimum Gasteiger partial charge on any atom is -0.476 e. The maximum atomic E-state index is 11.6. The maximum absolute atomic E-state index is 11.6. The summed E-state index contributed by atoms with van der Waals surface area (Å²) in [7, 11) is 0. The first-order chi connectivity index (χ1) is 9.26. The number of hydrogen-bond donors (Lipinski definition) is 2. The number of carbonyl (C=O) groups is 2. The molecule has 0 radical (unpaired) electrons. The van der Waals surface area contributed by atoms with Crippen LogP contribution in [0.4, 0.5) is 10.5 Å². The number of carboxylic acid groups (broad SMARTS) is 1. The van der Waals surface area contributed by atoms with Crippen molar-refractivity contribution < 1.29 is 19.4 Å². The summed E-state index contributed by atoms with van der Waals surface area (Å²) in [5.41, 5.74) is 0.321. The predicted octanol–water partition coefficient (Wildman–Crippen LogP) is 2.38. The molecule has 0 aliphatic heterocycles.